The fraction of sp³-hybridized carbons (Fsp3) is 0.0270. The molecule has 2 unspecified atom stereocenters. The minimum Gasteiger partial charge on any atom is -0.309 e. The molecule has 17 rings (SSSR count). The first-order valence-corrected chi connectivity index (χ1v) is 29.0. The summed E-state index contributed by atoms with van der Waals surface area (Å²) in [5, 5.41) is 10.6. The number of rotatable bonds is 8. The SMILES string of the molecule is c1ccc(-c2ccc([Si](c3ccccc3)(c3ccccc3)c3cccc4c3C3c5ccccc5C4c4cccc(-n5c6ccccc6c6cc(-c7ccc8c(c7)c7ccccc7n8-c7ccccc7)ccc65)c43)cc2)cc1. The summed E-state index contributed by atoms with van der Waals surface area (Å²) in [7, 11) is -3.05. The Bertz CT molecular complexity index is 4570. The Hall–Kier alpha value is -9.54. The number of fused-ring (bicyclic) bond motifs is 6. The average molecular weight is 995 g/mol. The molecule has 2 atom stereocenters. The maximum absolute atomic E-state index is 3.05. The normalized spacial score (nSPS) is 14.5. The lowest BCUT2D eigenvalue weighted by atomic mass is 9.60. The van der Waals surface area contributed by atoms with Gasteiger partial charge in [0.2, 0.25) is 0 Å². The van der Waals surface area contributed by atoms with Crippen molar-refractivity contribution in [1.82, 2.24) is 9.13 Å². The third kappa shape index (κ3) is 6.42. The highest BCUT2D eigenvalue weighted by atomic mass is 28.3. The second-order valence-corrected chi connectivity index (χ2v) is 24.8. The van der Waals surface area contributed by atoms with Crippen LogP contribution in [0.2, 0.25) is 0 Å². The van der Waals surface area contributed by atoms with Crippen LogP contribution in [0.4, 0.5) is 0 Å². The highest BCUT2D eigenvalue weighted by Crippen LogP contribution is 2.57. The van der Waals surface area contributed by atoms with E-state index in [1.54, 1.807) is 0 Å². The first kappa shape index (κ1) is 43.8. The molecule has 2 aromatic heterocycles. The molecule has 2 bridgehead atoms. The van der Waals surface area contributed by atoms with Crippen molar-refractivity contribution in [3.05, 3.63) is 325 Å². The van der Waals surface area contributed by atoms with Gasteiger partial charge in [-0.2, -0.15) is 0 Å². The first-order chi connectivity index (χ1) is 38.2. The molecule has 0 saturated heterocycles. The third-order valence-corrected chi connectivity index (χ3v) is 22.1. The first-order valence-electron chi connectivity index (χ1n) is 27.0. The van der Waals surface area contributed by atoms with Gasteiger partial charge in [0.05, 0.1) is 27.8 Å². The zero-order valence-corrected chi connectivity index (χ0v) is 43.3. The number of hydrogen-bond acceptors (Lipinski definition) is 0. The summed E-state index contributed by atoms with van der Waals surface area (Å²) in [6.45, 7) is 0. The molecule has 12 aromatic carbocycles. The van der Waals surface area contributed by atoms with E-state index in [-0.39, 0.29) is 11.8 Å². The Morgan fingerprint density at radius 2 is 0.688 bits per heavy atom. The maximum Gasteiger partial charge on any atom is 0.179 e. The number of aromatic nitrogens is 2. The van der Waals surface area contributed by atoms with E-state index in [4.69, 9.17) is 0 Å². The van der Waals surface area contributed by atoms with Gasteiger partial charge in [0.25, 0.3) is 0 Å². The fourth-order valence-electron chi connectivity index (χ4n) is 14.1. The van der Waals surface area contributed by atoms with Crippen LogP contribution >= 0.6 is 0 Å². The molecule has 0 N–H and O–H groups in total. The molecule has 0 spiro atoms. The second-order valence-electron chi connectivity index (χ2n) is 21.0. The van der Waals surface area contributed by atoms with E-state index in [2.05, 4.69) is 300 Å². The highest BCUT2D eigenvalue weighted by Gasteiger charge is 2.50. The van der Waals surface area contributed by atoms with Crippen LogP contribution < -0.4 is 20.7 Å². The minimum atomic E-state index is -3.05. The largest absolute Gasteiger partial charge is 0.309 e. The van der Waals surface area contributed by atoms with Crippen LogP contribution in [0.3, 0.4) is 0 Å². The summed E-state index contributed by atoms with van der Waals surface area (Å²) in [5.41, 5.74) is 20.7. The molecule has 77 heavy (non-hydrogen) atoms. The van der Waals surface area contributed by atoms with Crippen LogP contribution in [0.25, 0.3) is 77.2 Å². The van der Waals surface area contributed by atoms with E-state index >= 15 is 0 Å². The molecule has 3 aliphatic rings. The van der Waals surface area contributed by atoms with E-state index in [1.807, 2.05) is 0 Å². The monoisotopic (exact) mass is 994 g/mol. The molecule has 0 saturated carbocycles. The Morgan fingerprint density at radius 1 is 0.260 bits per heavy atom. The lowest BCUT2D eigenvalue weighted by Gasteiger charge is -2.47. The average Bonchev–Trinajstić information content (AvgIpc) is 3.90. The molecule has 0 aliphatic heterocycles. The van der Waals surface area contributed by atoms with Gasteiger partial charge in [0, 0.05) is 39.1 Å². The standard InChI is InChI=1S/C74H50N2Si/c1-5-21-49(22-6-1)50-39-43-56(44-40-50)77(54-25-9-3-10-26-54,55-27-11-4-12-28-55)70-38-20-34-62-71-59-31-13-14-32-60(59)74(73(62)70)72-61(71)33-19-37-69(72)76-66-36-18-16-30-58(66)64-48-52(42-46-68(64)76)51-41-45-67-63(47-51)57-29-15-17-35-65(57)75(67)53-23-7-2-8-24-53/h1-48,71,74H. The zero-order chi connectivity index (χ0) is 50.6. The van der Waals surface area contributed by atoms with Crippen LogP contribution in [0.15, 0.2) is 291 Å². The molecular weight excluding hydrogens is 945 g/mol. The summed E-state index contributed by atoms with van der Waals surface area (Å²) in [5.74, 6) is 0.0546. The van der Waals surface area contributed by atoms with Crippen molar-refractivity contribution in [3.8, 4) is 33.6 Å². The fourth-order valence-corrected chi connectivity index (χ4v) is 19.1. The molecule has 0 fully saturated rings. The number of para-hydroxylation sites is 3. The molecule has 3 aliphatic carbocycles. The van der Waals surface area contributed by atoms with Crippen molar-refractivity contribution in [3.63, 3.8) is 0 Å². The quantitative estimate of drug-likeness (QED) is 0.106. The van der Waals surface area contributed by atoms with E-state index in [1.165, 1.54) is 131 Å². The molecule has 0 radical (unpaired) electrons. The molecule has 2 nitrogen and oxygen atoms in total. The van der Waals surface area contributed by atoms with Gasteiger partial charge in [-0.1, -0.05) is 237 Å². The zero-order valence-electron chi connectivity index (χ0n) is 42.3. The van der Waals surface area contributed by atoms with Crippen LogP contribution in [-0.4, -0.2) is 17.2 Å². The van der Waals surface area contributed by atoms with Crippen LogP contribution in [0.1, 0.15) is 45.2 Å². The summed E-state index contributed by atoms with van der Waals surface area (Å²) in [6, 6.07) is 110. The molecule has 2 heterocycles. The smallest absolute Gasteiger partial charge is 0.179 e. The van der Waals surface area contributed by atoms with E-state index in [0.717, 1.165) is 0 Å². The van der Waals surface area contributed by atoms with Gasteiger partial charge in [-0.15, -0.1) is 0 Å². The summed E-state index contributed by atoms with van der Waals surface area (Å²) >= 11 is 0. The predicted molar refractivity (Wildman–Crippen MR) is 324 cm³/mol. The Labute approximate surface area is 449 Å². The number of nitrogens with zero attached hydrogens (tertiary/aromatic N) is 2. The van der Waals surface area contributed by atoms with Crippen molar-refractivity contribution >= 4 is 72.4 Å². The van der Waals surface area contributed by atoms with Gasteiger partial charge in [0.15, 0.2) is 8.07 Å². The van der Waals surface area contributed by atoms with Crippen molar-refractivity contribution in [2.75, 3.05) is 0 Å². The molecule has 3 heteroatoms. The number of benzene rings is 12. The molecular formula is C74H50N2Si. The topological polar surface area (TPSA) is 9.86 Å². The van der Waals surface area contributed by atoms with E-state index in [9.17, 15) is 0 Å². The second kappa shape index (κ2) is 17.3. The van der Waals surface area contributed by atoms with Crippen molar-refractivity contribution in [1.29, 1.82) is 0 Å². The predicted octanol–water partition coefficient (Wildman–Crippen LogP) is 15.6. The summed E-state index contributed by atoms with van der Waals surface area (Å²) in [4.78, 5) is 0. The Morgan fingerprint density at radius 3 is 1.31 bits per heavy atom. The maximum atomic E-state index is 2.59. The molecule has 360 valence electrons. The highest BCUT2D eigenvalue weighted by molar-refractivity contribution is 7.20. The molecule has 14 aromatic rings. The van der Waals surface area contributed by atoms with Gasteiger partial charge in [0.1, 0.15) is 0 Å². The minimum absolute atomic E-state index is 0.0169. The lowest BCUT2D eigenvalue weighted by molar-refractivity contribution is 0.752. The lowest BCUT2D eigenvalue weighted by Crippen LogP contribution is -2.75. The van der Waals surface area contributed by atoms with Gasteiger partial charge in [-0.05, 0) is 131 Å². The molecule has 0 amide bonds. The van der Waals surface area contributed by atoms with Crippen LogP contribution in [-0.2, 0) is 0 Å². The number of hydrogen-bond donors (Lipinski definition) is 0. The Kier molecular flexibility index (Phi) is 9.82. The summed E-state index contributed by atoms with van der Waals surface area (Å²) < 4.78 is 4.99. The van der Waals surface area contributed by atoms with Gasteiger partial charge in [-0.25, -0.2) is 0 Å². The van der Waals surface area contributed by atoms with E-state index in [0.29, 0.717) is 0 Å². The van der Waals surface area contributed by atoms with Crippen molar-refractivity contribution in [2.45, 2.75) is 11.8 Å². The van der Waals surface area contributed by atoms with Gasteiger partial charge < -0.3 is 9.13 Å². The van der Waals surface area contributed by atoms with Gasteiger partial charge >= 0.3 is 0 Å². The van der Waals surface area contributed by atoms with Crippen LogP contribution in [0, 0.1) is 0 Å². The van der Waals surface area contributed by atoms with Gasteiger partial charge in [-0.3, -0.25) is 0 Å². The van der Waals surface area contributed by atoms with Crippen LogP contribution in [0.5, 0.6) is 0 Å². The van der Waals surface area contributed by atoms with Crippen molar-refractivity contribution < 1.29 is 0 Å². The third-order valence-electron chi connectivity index (χ3n) is 17.3. The van der Waals surface area contributed by atoms with Crippen molar-refractivity contribution in [2.24, 2.45) is 0 Å². The van der Waals surface area contributed by atoms with E-state index < -0.39 is 8.07 Å². The summed E-state index contributed by atoms with van der Waals surface area (Å²) in [6.07, 6.45) is 0. The Balaban J connectivity index is 0.918.